The smallest absolute Gasteiger partial charge is 0.262 e. The molecular weight excluding hydrogens is 154 g/mol. The van der Waals surface area contributed by atoms with E-state index in [4.69, 9.17) is 9.94 Å². The van der Waals surface area contributed by atoms with Gasteiger partial charge in [0.25, 0.3) is 5.90 Å². The molecule has 0 saturated carbocycles. The molecule has 1 aliphatic heterocycles. The first-order chi connectivity index (χ1) is 5.83. The van der Waals surface area contributed by atoms with Crippen LogP contribution in [0.5, 0.6) is 5.75 Å². The van der Waals surface area contributed by atoms with Gasteiger partial charge in [-0.3, -0.25) is 0 Å². The second-order valence-corrected chi connectivity index (χ2v) is 2.48. The van der Waals surface area contributed by atoms with E-state index in [0.717, 1.165) is 5.56 Å². The molecule has 2 rings (SSSR count). The van der Waals surface area contributed by atoms with Crippen LogP contribution in [0.3, 0.4) is 0 Å². The average molecular weight is 161 g/mol. The fourth-order valence-electron chi connectivity index (χ4n) is 1.17. The summed E-state index contributed by atoms with van der Waals surface area (Å²) in [5.41, 5.74) is 1.50. The third-order valence-corrected chi connectivity index (χ3v) is 1.77. The first kappa shape index (κ1) is 6.91. The Morgan fingerprint density at radius 2 is 2.08 bits per heavy atom. The van der Waals surface area contributed by atoms with E-state index in [0.29, 0.717) is 11.3 Å². The summed E-state index contributed by atoms with van der Waals surface area (Å²) in [6.07, 6.45) is 0. The molecule has 0 amide bonds. The molecule has 0 aromatic heterocycles. The van der Waals surface area contributed by atoms with Crippen molar-refractivity contribution in [3.8, 4) is 5.75 Å². The SMILES string of the molecule is C=C1/C(=N/O)Oc2ccccc21. The van der Waals surface area contributed by atoms with Crippen LogP contribution in [-0.4, -0.2) is 11.1 Å². The van der Waals surface area contributed by atoms with Crippen molar-refractivity contribution < 1.29 is 9.94 Å². The molecule has 3 nitrogen and oxygen atoms in total. The quantitative estimate of drug-likeness (QED) is 0.466. The van der Waals surface area contributed by atoms with Crippen molar-refractivity contribution in [2.75, 3.05) is 0 Å². The Hall–Kier alpha value is -1.77. The predicted molar refractivity (Wildman–Crippen MR) is 45.3 cm³/mol. The second-order valence-electron chi connectivity index (χ2n) is 2.48. The minimum absolute atomic E-state index is 0.177. The summed E-state index contributed by atoms with van der Waals surface area (Å²) in [6.45, 7) is 3.73. The van der Waals surface area contributed by atoms with E-state index in [-0.39, 0.29) is 5.90 Å². The third-order valence-electron chi connectivity index (χ3n) is 1.77. The van der Waals surface area contributed by atoms with Crippen LogP contribution in [0.15, 0.2) is 36.0 Å². The Labute approximate surface area is 69.6 Å². The van der Waals surface area contributed by atoms with Crippen LogP contribution in [0.4, 0.5) is 0 Å². The number of fused-ring (bicyclic) bond motifs is 1. The third kappa shape index (κ3) is 0.797. The fraction of sp³-hybridized carbons (Fsp3) is 0. The molecule has 0 bridgehead atoms. The van der Waals surface area contributed by atoms with Gasteiger partial charge in [-0.25, -0.2) is 0 Å². The maximum Gasteiger partial charge on any atom is 0.262 e. The first-order valence-corrected chi connectivity index (χ1v) is 3.51. The van der Waals surface area contributed by atoms with Gasteiger partial charge in [0.2, 0.25) is 0 Å². The van der Waals surface area contributed by atoms with Crippen molar-refractivity contribution in [1.29, 1.82) is 0 Å². The van der Waals surface area contributed by atoms with Crippen molar-refractivity contribution in [2.24, 2.45) is 5.16 Å². The summed E-state index contributed by atoms with van der Waals surface area (Å²) in [7, 11) is 0. The Bertz CT molecular complexity index is 369. The maximum absolute atomic E-state index is 8.51. The lowest BCUT2D eigenvalue weighted by molar-refractivity contribution is 0.307. The van der Waals surface area contributed by atoms with Crippen LogP contribution >= 0.6 is 0 Å². The van der Waals surface area contributed by atoms with Gasteiger partial charge in [-0.15, -0.1) is 0 Å². The van der Waals surface area contributed by atoms with E-state index in [1.807, 2.05) is 18.2 Å². The maximum atomic E-state index is 8.51. The molecule has 0 spiro atoms. The Morgan fingerprint density at radius 3 is 2.75 bits per heavy atom. The van der Waals surface area contributed by atoms with Gasteiger partial charge in [0.15, 0.2) is 0 Å². The highest BCUT2D eigenvalue weighted by atomic mass is 16.5. The zero-order valence-corrected chi connectivity index (χ0v) is 6.32. The van der Waals surface area contributed by atoms with Gasteiger partial charge < -0.3 is 9.94 Å². The van der Waals surface area contributed by atoms with Crippen LogP contribution in [-0.2, 0) is 0 Å². The Morgan fingerprint density at radius 1 is 1.33 bits per heavy atom. The highest BCUT2D eigenvalue weighted by Crippen LogP contribution is 2.32. The van der Waals surface area contributed by atoms with Crippen molar-refractivity contribution in [2.45, 2.75) is 0 Å². The molecule has 1 heterocycles. The van der Waals surface area contributed by atoms with Crippen LogP contribution in [0.1, 0.15) is 5.56 Å². The van der Waals surface area contributed by atoms with Crippen molar-refractivity contribution in [3.05, 3.63) is 36.4 Å². The molecule has 0 fully saturated rings. The summed E-state index contributed by atoms with van der Waals surface area (Å²) in [4.78, 5) is 0. The van der Waals surface area contributed by atoms with Gasteiger partial charge >= 0.3 is 0 Å². The molecule has 0 saturated heterocycles. The molecule has 0 aliphatic carbocycles. The highest BCUT2D eigenvalue weighted by molar-refractivity contribution is 6.23. The molecule has 0 unspecified atom stereocenters. The number of ether oxygens (including phenoxy) is 1. The van der Waals surface area contributed by atoms with Crippen molar-refractivity contribution >= 4 is 11.5 Å². The summed E-state index contributed by atoms with van der Waals surface area (Å²) >= 11 is 0. The van der Waals surface area contributed by atoms with Gasteiger partial charge in [-0.2, -0.15) is 0 Å². The standard InChI is InChI=1S/C9H7NO2/c1-6-7-4-2-3-5-8(7)12-9(6)10-11/h2-5,11H,1H2/b10-9-. The number of nitrogens with zero attached hydrogens (tertiary/aromatic N) is 1. The minimum atomic E-state index is 0.177. The lowest BCUT2D eigenvalue weighted by Crippen LogP contribution is -2.00. The minimum Gasteiger partial charge on any atom is -0.435 e. The molecule has 1 aliphatic rings. The molecule has 1 aromatic rings. The van der Waals surface area contributed by atoms with E-state index < -0.39 is 0 Å². The molecule has 0 atom stereocenters. The molecule has 3 heteroatoms. The Balaban J connectivity index is 2.56. The summed E-state index contributed by atoms with van der Waals surface area (Å²) in [6, 6.07) is 7.41. The second kappa shape index (κ2) is 2.37. The van der Waals surface area contributed by atoms with Crippen LogP contribution in [0, 0.1) is 0 Å². The lowest BCUT2D eigenvalue weighted by atomic mass is 10.1. The molecule has 1 aromatic carbocycles. The van der Waals surface area contributed by atoms with Crippen LogP contribution in [0.25, 0.3) is 5.57 Å². The molecule has 1 N–H and O–H groups in total. The molecule has 12 heavy (non-hydrogen) atoms. The average Bonchev–Trinajstić information content (AvgIpc) is 2.44. The summed E-state index contributed by atoms with van der Waals surface area (Å²) in [5.74, 6) is 0.867. The van der Waals surface area contributed by atoms with E-state index in [9.17, 15) is 0 Å². The molecular formula is C9H7NO2. The molecule has 60 valence electrons. The van der Waals surface area contributed by atoms with Crippen LogP contribution < -0.4 is 4.74 Å². The lowest BCUT2D eigenvalue weighted by Gasteiger charge is -1.92. The van der Waals surface area contributed by atoms with Gasteiger partial charge in [0.05, 0.1) is 0 Å². The van der Waals surface area contributed by atoms with Crippen molar-refractivity contribution in [1.82, 2.24) is 0 Å². The van der Waals surface area contributed by atoms with E-state index in [2.05, 4.69) is 11.7 Å². The van der Waals surface area contributed by atoms with E-state index in [1.54, 1.807) is 6.07 Å². The molecule has 0 radical (unpaired) electrons. The van der Waals surface area contributed by atoms with Crippen LogP contribution in [0.2, 0.25) is 0 Å². The largest absolute Gasteiger partial charge is 0.435 e. The zero-order chi connectivity index (χ0) is 8.55. The Kier molecular flexibility index (Phi) is 1.37. The van der Waals surface area contributed by atoms with Gasteiger partial charge in [-0.1, -0.05) is 24.8 Å². The first-order valence-electron chi connectivity index (χ1n) is 3.51. The number of hydrogen-bond donors (Lipinski definition) is 1. The number of para-hydroxylation sites is 1. The summed E-state index contributed by atoms with van der Waals surface area (Å²) in [5, 5.41) is 11.5. The number of oxime groups is 1. The predicted octanol–water partition coefficient (Wildman–Crippen LogP) is 1.88. The number of benzene rings is 1. The van der Waals surface area contributed by atoms with E-state index in [1.165, 1.54) is 0 Å². The van der Waals surface area contributed by atoms with Gasteiger partial charge in [0.1, 0.15) is 5.75 Å². The van der Waals surface area contributed by atoms with E-state index >= 15 is 0 Å². The zero-order valence-electron chi connectivity index (χ0n) is 6.32. The topological polar surface area (TPSA) is 41.8 Å². The normalized spacial score (nSPS) is 17.7. The van der Waals surface area contributed by atoms with Crippen molar-refractivity contribution in [3.63, 3.8) is 0 Å². The summed E-state index contributed by atoms with van der Waals surface area (Å²) < 4.78 is 5.17. The highest BCUT2D eigenvalue weighted by Gasteiger charge is 2.22. The number of hydrogen-bond acceptors (Lipinski definition) is 3. The number of rotatable bonds is 0. The fourth-order valence-corrected chi connectivity index (χ4v) is 1.17. The monoisotopic (exact) mass is 161 g/mol. The van der Waals surface area contributed by atoms with Gasteiger partial charge in [-0.05, 0) is 11.2 Å². The van der Waals surface area contributed by atoms with Gasteiger partial charge in [0, 0.05) is 11.1 Å².